The van der Waals surface area contributed by atoms with Crippen molar-refractivity contribution in [1.82, 2.24) is 10.3 Å². The van der Waals surface area contributed by atoms with Gasteiger partial charge in [-0.1, -0.05) is 11.8 Å². The molecule has 5 heteroatoms. The second-order valence-corrected chi connectivity index (χ2v) is 5.48. The maximum atomic E-state index is 12.2. The first kappa shape index (κ1) is 14.1. The molecule has 0 bridgehead atoms. The lowest BCUT2D eigenvalue weighted by Gasteiger charge is -2.19. The molecule has 3 N–H and O–H groups in total. The van der Waals surface area contributed by atoms with E-state index in [0.29, 0.717) is 18.2 Å². The number of aromatic nitrogens is 1. The van der Waals surface area contributed by atoms with Crippen molar-refractivity contribution in [1.29, 1.82) is 0 Å². The molecular formula is C16H19N3O2. The minimum atomic E-state index is -0.144. The van der Waals surface area contributed by atoms with Crippen LogP contribution in [0, 0.1) is 17.8 Å². The minimum Gasteiger partial charge on any atom is -0.376 e. The van der Waals surface area contributed by atoms with Crippen molar-refractivity contribution in [3.05, 3.63) is 29.6 Å². The summed E-state index contributed by atoms with van der Waals surface area (Å²) in [6, 6.07) is 3.59. The van der Waals surface area contributed by atoms with Crippen LogP contribution in [0.4, 0.5) is 0 Å². The van der Waals surface area contributed by atoms with Gasteiger partial charge >= 0.3 is 0 Å². The van der Waals surface area contributed by atoms with Gasteiger partial charge < -0.3 is 15.8 Å². The Kier molecular flexibility index (Phi) is 4.18. The molecule has 1 aliphatic carbocycles. The van der Waals surface area contributed by atoms with E-state index in [4.69, 9.17) is 10.5 Å². The van der Waals surface area contributed by atoms with Crippen LogP contribution in [0.5, 0.6) is 0 Å². The Bertz CT molecular complexity index is 569. The van der Waals surface area contributed by atoms with E-state index >= 15 is 0 Å². The molecule has 0 spiro atoms. The Morgan fingerprint density at radius 2 is 2.29 bits per heavy atom. The smallest absolute Gasteiger partial charge is 0.270 e. The fraction of sp³-hybridized carbons (Fsp3) is 0.500. The largest absolute Gasteiger partial charge is 0.376 e. The van der Waals surface area contributed by atoms with Crippen LogP contribution in [0.1, 0.15) is 35.3 Å². The number of nitrogens with one attached hydrogen (secondary N) is 1. The molecule has 2 heterocycles. The Balaban J connectivity index is 1.62. The number of amides is 1. The van der Waals surface area contributed by atoms with Gasteiger partial charge in [0.25, 0.3) is 5.91 Å². The van der Waals surface area contributed by atoms with Crippen molar-refractivity contribution in [3.8, 4) is 11.8 Å². The summed E-state index contributed by atoms with van der Waals surface area (Å²) in [6.07, 6.45) is 5.09. The zero-order valence-electron chi connectivity index (χ0n) is 11.8. The number of rotatable bonds is 3. The summed E-state index contributed by atoms with van der Waals surface area (Å²) in [5, 5.41) is 3.05. The summed E-state index contributed by atoms with van der Waals surface area (Å²) < 4.78 is 5.72. The van der Waals surface area contributed by atoms with Crippen LogP contribution >= 0.6 is 0 Å². The number of carbonyl (C=O) groups excluding carboxylic acids is 1. The lowest BCUT2D eigenvalue weighted by Crippen LogP contribution is -2.41. The standard InChI is InChI=1S/C16H19N3O2/c17-8-1-2-11-3-6-14(18-10-11)16(20)19-13-7-9-21-15(13)12-4-5-12/h3,6,10,12-13,15H,4-5,7-9,17H2,(H,19,20). The first-order valence-electron chi connectivity index (χ1n) is 7.35. The van der Waals surface area contributed by atoms with Gasteiger partial charge in [-0.15, -0.1) is 0 Å². The summed E-state index contributed by atoms with van der Waals surface area (Å²) in [4.78, 5) is 16.4. The first-order valence-corrected chi connectivity index (χ1v) is 7.35. The minimum absolute atomic E-state index is 0.114. The molecule has 1 aliphatic heterocycles. The maximum absolute atomic E-state index is 12.2. The molecule has 1 saturated carbocycles. The highest BCUT2D eigenvalue weighted by atomic mass is 16.5. The van der Waals surface area contributed by atoms with Crippen molar-refractivity contribution in [2.45, 2.75) is 31.4 Å². The topological polar surface area (TPSA) is 77.2 Å². The highest BCUT2D eigenvalue weighted by Gasteiger charge is 2.41. The van der Waals surface area contributed by atoms with Gasteiger partial charge in [-0.05, 0) is 37.3 Å². The molecule has 5 nitrogen and oxygen atoms in total. The number of carbonyl (C=O) groups is 1. The zero-order valence-corrected chi connectivity index (χ0v) is 11.8. The van der Waals surface area contributed by atoms with Gasteiger partial charge in [-0.25, -0.2) is 4.98 Å². The van der Waals surface area contributed by atoms with Crippen molar-refractivity contribution < 1.29 is 9.53 Å². The SMILES string of the molecule is NCC#Cc1ccc(C(=O)NC2CCOC2C2CC2)nc1. The van der Waals surface area contributed by atoms with Crippen molar-refractivity contribution in [3.63, 3.8) is 0 Å². The molecule has 1 aromatic rings. The summed E-state index contributed by atoms with van der Waals surface area (Å²) >= 11 is 0. The molecule has 3 rings (SSSR count). The molecule has 1 amide bonds. The average molecular weight is 285 g/mol. The first-order chi connectivity index (χ1) is 10.3. The number of hydrogen-bond acceptors (Lipinski definition) is 4. The summed E-state index contributed by atoms with van der Waals surface area (Å²) in [5.41, 5.74) is 6.49. The van der Waals surface area contributed by atoms with Crippen LogP contribution in [0.2, 0.25) is 0 Å². The van der Waals surface area contributed by atoms with Gasteiger partial charge in [0.05, 0.1) is 18.7 Å². The van der Waals surface area contributed by atoms with E-state index in [9.17, 15) is 4.79 Å². The van der Waals surface area contributed by atoms with Crippen LogP contribution in [-0.2, 0) is 4.74 Å². The Morgan fingerprint density at radius 3 is 2.95 bits per heavy atom. The normalized spacial score (nSPS) is 24.2. The molecular weight excluding hydrogens is 266 g/mol. The zero-order chi connectivity index (χ0) is 14.7. The van der Waals surface area contributed by atoms with Crippen LogP contribution in [-0.4, -0.2) is 36.2 Å². The van der Waals surface area contributed by atoms with Crippen LogP contribution < -0.4 is 11.1 Å². The monoisotopic (exact) mass is 285 g/mol. The van der Waals surface area contributed by atoms with E-state index in [2.05, 4.69) is 22.1 Å². The molecule has 0 aromatic carbocycles. The lowest BCUT2D eigenvalue weighted by molar-refractivity contribution is 0.0727. The number of pyridine rings is 1. The van der Waals surface area contributed by atoms with Gasteiger partial charge in [-0.3, -0.25) is 4.79 Å². The van der Waals surface area contributed by atoms with Gasteiger partial charge in [0.2, 0.25) is 0 Å². The summed E-state index contributed by atoms with van der Waals surface area (Å²) in [5.74, 6) is 6.12. The van der Waals surface area contributed by atoms with Crippen LogP contribution in [0.15, 0.2) is 18.3 Å². The van der Waals surface area contributed by atoms with Crippen molar-refractivity contribution in [2.24, 2.45) is 11.7 Å². The van der Waals surface area contributed by atoms with Gasteiger partial charge in [0, 0.05) is 18.4 Å². The van der Waals surface area contributed by atoms with Crippen molar-refractivity contribution in [2.75, 3.05) is 13.2 Å². The maximum Gasteiger partial charge on any atom is 0.270 e. The molecule has 2 fully saturated rings. The fourth-order valence-electron chi connectivity index (χ4n) is 2.65. The van der Waals surface area contributed by atoms with E-state index in [1.807, 2.05) is 0 Å². The Morgan fingerprint density at radius 1 is 1.43 bits per heavy atom. The highest BCUT2D eigenvalue weighted by Crippen LogP contribution is 2.38. The second kappa shape index (κ2) is 6.25. The third-order valence-electron chi connectivity index (χ3n) is 3.87. The molecule has 110 valence electrons. The van der Waals surface area contributed by atoms with Crippen LogP contribution in [0.3, 0.4) is 0 Å². The number of hydrogen-bond donors (Lipinski definition) is 2. The molecule has 1 saturated heterocycles. The average Bonchev–Trinajstić information content (AvgIpc) is 3.26. The van der Waals surface area contributed by atoms with Crippen LogP contribution in [0.25, 0.3) is 0 Å². The molecule has 2 atom stereocenters. The molecule has 21 heavy (non-hydrogen) atoms. The third-order valence-corrected chi connectivity index (χ3v) is 3.87. The van der Waals surface area contributed by atoms with E-state index in [1.165, 1.54) is 12.8 Å². The van der Waals surface area contributed by atoms with Gasteiger partial charge in [0.1, 0.15) is 5.69 Å². The lowest BCUT2D eigenvalue weighted by atomic mass is 10.1. The number of nitrogens with two attached hydrogens (primary N) is 1. The van der Waals surface area contributed by atoms with Crippen molar-refractivity contribution >= 4 is 5.91 Å². The third kappa shape index (κ3) is 3.41. The van der Waals surface area contributed by atoms with E-state index < -0.39 is 0 Å². The number of nitrogens with zero attached hydrogens (tertiary/aromatic N) is 1. The van der Waals surface area contributed by atoms with E-state index in [-0.39, 0.29) is 18.1 Å². The predicted molar refractivity (Wildman–Crippen MR) is 78.5 cm³/mol. The summed E-state index contributed by atoms with van der Waals surface area (Å²) in [6.45, 7) is 1.04. The fourth-order valence-corrected chi connectivity index (χ4v) is 2.65. The van der Waals surface area contributed by atoms with Gasteiger partial charge in [0.15, 0.2) is 0 Å². The molecule has 0 radical (unpaired) electrons. The van der Waals surface area contributed by atoms with E-state index in [1.54, 1.807) is 18.3 Å². The summed E-state index contributed by atoms with van der Waals surface area (Å²) in [7, 11) is 0. The molecule has 2 aliphatic rings. The van der Waals surface area contributed by atoms with E-state index in [0.717, 1.165) is 18.6 Å². The molecule has 1 aromatic heterocycles. The highest BCUT2D eigenvalue weighted by molar-refractivity contribution is 5.92. The number of ether oxygens (including phenoxy) is 1. The predicted octanol–water partition coefficient (Wildman–Crippen LogP) is 0.689. The Hall–Kier alpha value is -1.90. The van der Waals surface area contributed by atoms with Gasteiger partial charge in [-0.2, -0.15) is 0 Å². The Labute approximate surface area is 124 Å². The second-order valence-electron chi connectivity index (χ2n) is 5.48. The quantitative estimate of drug-likeness (QED) is 0.801. The molecule has 2 unspecified atom stereocenters.